The lowest BCUT2D eigenvalue weighted by Crippen LogP contribution is -2.75. The van der Waals surface area contributed by atoms with Crippen molar-refractivity contribution in [1.82, 2.24) is 4.90 Å². The number of esters is 1. The van der Waals surface area contributed by atoms with E-state index >= 15 is 0 Å². The van der Waals surface area contributed by atoms with Gasteiger partial charge in [0.15, 0.2) is 5.41 Å². The number of amides is 2. The summed E-state index contributed by atoms with van der Waals surface area (Å²) in [4.78, 5) is 53.4. The quantitative estimate of drug-likeness (QED) is 0.283. The average Bonchev–Trinajstić information content (AvgIpc) is 2.69. The standard InChI is InChI=1S/C21H25ClN2O6S/c1-12(25)24(13-6-8-14(29-5)9-7-13)15-16(26)23-10-21(18(22)27,11-31-17(15)23)19(28)30-20(2,3)4/h6-9,15,17H,10-11H2,1-5H3/t15?,17-,21?/m1/s1. The first-order valence-electron chi connectivity index (χ1n) is 9.70. The second-order valence-electron chi connectivity index (χ2n) is 8.56. The van der Waals surface area contributed by atoms with Crippen molar-refractivity contribution in [3.05, 3.63) is 24.3 Å². The minimum atomic E-state index is -1.64. The molecule has 2 unspecified atom stereocenters. The Labute approximate surface area is 190 Å². The lowest BCUT2D eigenvalue weighted by atomic mass is 9.87. The van der Waals surface area contributed by atoms with E-state index in [0.29, 0.717) is 11.4 Å². The van der Waals surface area contributed by atoms with E-state index in [0.717, 1.165) is 0 Å². The summed E-state index contributed by atoms with van der Waals surface area (Å²) >= 11 is 7.07. The Morgan fingerprint density at radius 3 is 2.32 bits per heavy atom. The molecule has 10 heteroatoms. The van der Waals surface area contributed by atoms with Crippen LogP contribution < -0.4 is 9.64 Å². The van der Waals surface area contributed by atoms with Gasteiger partial charge in [-0.3, -0.25) is 24.1 Å². The van der Waals surface area contributed by atoms with E-state index < -0.39 is 33.6 Å². The molecule has 3 rings (SSSR count). The largest absolute Gasteiger partial charge is 0.497 e. The van der Waals surface area contributed by atoms with Gasteiger partial charge in [-0.25, -0.2) is 0 Å². The van der Waals surface area contributed by atoms with Crippen LogP contribution in [0.1, 0.15) is 27.7 Å². The predicted molar refractivity (Wildman–Crippen MR) is 117 cm³/mol. The highest BCUT2D eigenvalue weighted by atomic mass is 35.5. The van der Waals surface area contributed by atoms with Crippen LogP contribution in [-0.2, 0) is 23.9 Å². The topological polar surface area (TPSA) is 93.2 Å². The number of thioether (sulfide) groups is 1. The monoisotopic (exact) mass is 468 g/mol. The van der Waals surface area contributed by atoms with Crippen LogP contribution in [0.3, 0.4) is 0 Å². The lowest BCUT2D eigenvalue weighted by molar-refractivity contribution is -0.171. The second-order valence-corrected chi connectivity index (χ2v) is 10.0. The van der Waals surface area contributed by atoms with Crippen molar-refractivity contribution in [2.24, 2.45) is 5.41 Å². The zero-order valence-electron chi connectivity index (χ0n) is 18.0. The van der Waals surface area contributed by atoms with Crippen LogP contribution in [0.4, 0.5) is 5.69 Å². The highest BCUT2D eigenvalue weighted by Gasteiger charge is 2.62. The van der Waals surface area contributed by atoms with Gasteiger partial charge in [-0.2, -0.15) is 0 Å². The number of carbonyl (C=O) groups is 4. The van der Waals surface area contributed by atoms with Gasteiger partial charge in [0.2, 0.25) is 17.1 Å². The van der Waals surface area contributed by atoms with Gasteiger partial charge in [-0.1, -0.05) is 0 Å². The van der Waals surface area contributed by atoms with Gasteiger partial charge >= 0.3 is 5.97 Å². The molecule has 31 heavy (non-hydrogen) atoms. The fourth-order valence-corrected chi connectivity index (χ4v) is 5.49. The Morgan fingerprint density at radius 1 is 1.23 bits per heavy atom. The van der Waals surface area contributed by atoms with Crippen molar-refractivity contribution in [2.75, 3.05) is 24.3 Å². The SMILES string of the molecule is COc1ccc(N(C(C)=O)C2C(=O)N3CC(C(=O)Cl)(C(=O)OC(C)(C)C)CS[C@H]23)cc1. The molecule has 2 fully saturated rings. The van der Waals surface area contributed by atoms with E-state index in [4.69, 9.17) is 21.1 Å². The number of hydrogen-bond acceptors (Lipinski definition) is 7. The normalized spacial score (nSPS) is 25.2. The Morgan fingerprint density at radius 2 is 1.84 bits per heavy atom. The number of β-lactam (4-membered cyclic amide) rings is 1. The van der Waals surface area contributed by atoms with Crippen LogP contribution in [0, 0.1) is 5.41 Å². The highest BCUT2D eigenvalue weighted by Crippen LogP contribution is 2.46. The highest BCUT2D eigenvalue weighted by molar-refractivity contribution is 8.00. The maximum absolute atomic E-state index is 13.0. The number of methoxy groups -OCH3 is 1. The molecule has 0 bridgehead atoms. The Bertz CT molecular complexity index is 915. The molecule has 2 heterocycles. The first kappa shape index (κ1) is 23.4. The van der Waals surface area contributed by atoms with Crippen molar-refractivity contribution in [3.63, 3.8) is 0 Å². The Kier molecular flexibility index (Phi) is 6.30. The van der Waals surface area contributed by atoms with E-state index in [-0.39, 0.29) is 24.1 Å². The first-order valence-corrected chi connectivity index (χ1v) is 11.1. The molecule has 1 aromatic carbocycles. The molecule has 0 spiro atoms. The van der Waals surface area contributed by atoms with Gasteiger partial charge in [0.1, 0.15) is 22.8 Å². The maximum Gasteiger partial charge on any atom is 0.324 e. The van der Waals surface area contributed by atoms with Gasteiger partial charge in [0.25, 0.3) is 0 Å². The Hall–Kier alpha value is -2.26. The van der Waals surface area contributed by atoms with Gasteiger partial charge in [0.05, 0.1) is 7.11 Å². The summed E-state index contributed by atoms with van der Waals surface area (Å²) in [6.07, 6.45) is 0. The molecule has 0 radical (unpaired) electrons. The molecule has 3 atom stereocenters. The number of hydrogen-bond donors (Lipinski definition) is 0. The number of benzene rings is 1. The van der Waals surface area contributed by atoms with E-state index in [9.17, 15) is 19.2 Å². The van der Waals surface area contributed by atoms with Crippen molar-refractivity contribution >= 4 is 52.1 Å². The van der Waals surface area contributed by atoms with Crippen molar-refractivity contribution in [2.45, 2.75) is 44.7 Å². The van der Waals surface area contributed by atoms with E-state index in [1.807, 2.05) is 0 Å². The van der Waals surface area contributed by atoms with Crippen LogP contribution in [0.25, 0.3) is 0 Å². The van der Waals surface area contributed by atoms with Gasteiger partial charge in [-0.05, 0) is 56.6 Å². The summed E-state index contributed by atoms with van der Waals surface area (Å²) in [6.45, 7) is 6.30. The molecule has 2 saturated heterocycles. The van der Waals surface area contributed by atoms with Gasteiger partial charge in [-0.15, -0.1) is 11.8 Å². The minimum Gasteiger partial charge on any atom is -0.497 e. The fraction of sp³-hybridized carbons (Fsp3) is 0.524. The average molecular weight is 469 g/mol. The Balaban J connectivity index is 1.84. The van der Waals surface area contributed by atoms with Crippen LogP contribution >= 0.6 is 23.4 Å². The first-order chi connectivity index (χ1) is 14.4. The van der Waals surface area contributed by atoms with Crippen LogP contribution in [0.15, 0.2) is 24.3 Å². The molecule has 2 aliphatic rings. The van der Waals surface area contributed by atoms with Crippen LogP contribution in [0.2, 0.25) is 0 Å². The number of nitrogens with zero attached hydrogens (tertiary/aromatic N) is 2. The van der Waals surface area contributed by atoms with Gasteiger partial charge in [0, 0.05) is 24.9 Å². The summed E-state index contributed by atoms with van der Waals surface area (Å²) < 4.78 is 10.6. The summed E-state index contributed by atoms with van der Waals surface area (Å²) in [5, 5.41) is -1.26. The van der Waals surface area contributed by atoms with Crippen molar-refractivity contribution in [1.29, 1.82) is 0 Å². The lowest BCUT2D eigenvalue weighted by Gasteiger charge is -2.55. The molecule has 8 nitrogen and oxygen atoms in total. The number of halogens is 1. The number of fused-ring (bicyclic) bond motifs is 1. The van der Waals surface area contributed by atoms with E-state index in [2.05, 4.69) is 0 Å². The number of rotatable bonds is 5. The smallest absolute Gasteiger partial charge is 0.324 e. The molecule has 2 aliphatic heterocycles. The molecule has 2 amide bonds. The summed E-state index contributed by atoms with van der Waals surface area (Å²) in [7, 11) is 1.54. The second kappa shape index (κ2) is 8.35. The van der Waals surface area contributed by atoms with Gasteiger partial charge < -0.3 is 14.4 Å². The zero-order chi connectivity index (χ0) is 23.1. The zero-order valence-corrected chi connectivity index (χ0v) is 19.6. The van der Waals surface area contributed by atoms with Crippen LogP contribution in [0.5, 0.6) is 5.75 Å². The summed E-state index contributed by atoms with van der Waals surface area (Å²) in [5.74, 6) is -0.705. The third-order valence-corrected chi connectivity index (χ3v) is 7.06. The maximum atomic E-state index is 13.0. The molecule has 0 saturated carbocycles. The number of carbonyl (C=O) groups excluding carboxylic acids is 4. The molecule has 1 aromatic rings. The molecular formula is C21H25ClN2O6S. The van der Waals surface area contributed by atoms with E-state index in [1.165, 1.54) is 28.5 Å². The fourth-order valence-electron chi connectivity index (χ4n) is 3.64. The van der Waals surface area contributed by atoms with Crippen molar-refractivity contribution in [3.8, 4) is 5.75 Å². The van der Waals surface area contributed by atoms with Crippen molar-refractivity contribution < 1.29 is 28.7 Å². The molecule has 0 aromatic heterocycles. The molecular weight excluding hydrogens is 444 g/mol. The number of anilines is 1. The summed E-state index contributed by atoms with van der Waals surface area (Å²) in [6, 6.07) is 6.09. The van der Waals surface area contributed by atoms with E-state index in [1.54, 1.807) is 52.1 Å². The predicted octanol–water partition coefficient (Wildman–Crippen LogP) is 2.43. The number of ether oxygens (including phenoxy) is 2. The van der Waals surface area contributed by atoms with Crippen LogP contribution in [-0.4, -0.2) is 64.4 Å². The summed E-state index contributed by atoms with van der Waals surface area (Å²) in [5.41, 5.74) is -1.89. The minimum absolute atomic E-state index is 0.0591. The molecule has 0 aliphatic carbocycles. The third-order valence-electron chi connectivity index (χ3n) is 5.19. The molecule has 168 valence electrons. The molecule has 0 N–H and O–H groups in total. The third kappa shape index (κ3) is 4.25.